The molecule has 1 saturated heterocycles. The minimum Gasteiger partial charge on any atom is -0.423 e. The van der Waals surface area contributed by atoms with E-state index >= 15 is 0 Å². The lowest BCUT2D eigenvalue weighted by molar-refractivity contribution is 0.0317. The Morgan fingerprint density at radius 2 is 2.06 bits per heavy atom. The summed E-state index contributed by atoms with van der Waals surface area (Å²) >= 11 is 0. The van der Waals surface area contributed by atoms with Crippen molar-refractivity contribution in [2.75, 3.05) is 13.2 Å². The maximum absolute atomic E-state index is 8.92. The molecule has 16 heavy (non-hydrogen) atoms. The molecule has 4 nitrogen and oxygen atoms in total. The zero-order valence-electron chi connectivity index (χ0n) is 9.00. The van der Waals surface area contributed by atoms with Crippen molar-refractivity contribution < 1.29 is 19.5 Å². The van der Waals surface area contributed by atoms with E-state index in [-0.39, 0.29) is 6.10 Å². The first kappa shape index (κ1) is 11.6. The molecule has 5 heteroatoms. The first-order valence-corrected chi connectivity index (χ1v) is 5.40. The number of ether oxygens (including phenoxy) is 2. The van der Waals surface area contributed by atoms with Gasteiger partial charge in [-0.1, -0.05) is 24.3 Å². The maximum atomic E-state index is 8.92. The molecular weight excluding hydrogens is 207 g/mol. The summed E-state index contributed by atoms with van der Waals surface area (Å²) in [5.41, 5.74) is 1.52. The Labute approximate surface area is 95.0 Å². The van der Waals surface area contributed by atoms with Gasteiger partial charge in [0.1, 0.15) is 0 Å². The molecule has 1 aliphatic heterocycles. The fraction of sp³-hybridized carbons (Fsp3) is 0.455. The predicted octanol–water partition coefficient (Wildman–Crippen LogP) is -0.328. The second kappa shape index (κ2) is 5.45. The van der Waals surface area contributed by atoms with E-state index < -0.39 is 7.12 Å². The van der Waals surface area contributed by atoms with Crippen LogP contribution in [0.3, 0.4) is 0 Å². The molecule has 1 unspecified atom stereocenters. The fourth-order valence-electron chi connectivity index (χ4n) is 1.64. The number of benzene rings is 1. The van der Waals surface area contributed by atoms with Gasteiger partial charge in [-0.3, -0.25) is 0 Å². The summed E-state index contributed by atoms with van der Waals surface area (Å²) in [4.78, 5) is 0. The average Bonchev–Trinajstić information content (AvgIpc) is 2.80. The van der Waals surface area contributed by atoms with Crippen LogP contribution in [-0.2, 0) is 16.1 Å². The Kier molecular flexibility index (Phi) is 3.95. The molecule has 0 saturated carbocycles. The summed E-state index contributed by atoms with van der Waals surface area (Å²) in [5, 5.41) is 17.8. The lowest BCUT2D eigenvalue weighted by Crippen LogP contribution is -2.29. The van der Waals surface area contributed by atoms with Crippen LogP contribution in [0.1, 0.15) is 12.0 Å². The highest BCUT2D eigenvalue weighted by molar-refractivity contribution is 6.58. The van der Waals surface area contributed by atoms with Crippen LogP contribution in [-0.4, -0.2) is 36.5 Å². The van der Waals surface area contributed by atoms with Gasteiger partial charge in [0.2, 0.25) is 0 Å². The van der Waals surface area contributed by atoms with Gasteiger partial charge in [-0.15, -0.1) is 0 Å². The summed E-state index contributed by atoms with van der Waals surface area (Å²) in [6, 6.07) is 7.05. The molecule has 86 valence electrons. The molecular formula is C11H15BO4. The number of hydrogen-bond donors (Lipinski definition) is 2. The van der Waals surface area contributed by atoms with Crippen molar-refractivity contribution in [1.82, 2.24) is 0 Å². The molecule has 0 radical (unpaired) electrons. The van der Waals surface area contributed by atoms with Gasteiger partial charge in [0.05, 0.1) is 19.3 Å². The van der Waals surface area contributed by atoms with Crippen LogP contribution in [0.5, 0.6) is 0 Å². The molecule has 1 heterocycles. The van der Waals surface area contributed by atoms with Crippen LogP contribution in [0.25, 0.3) is 0 Å². The third-order valence-electron chi connectivity index (χ3n) is 2.65. The molecule has 0 aromatic heterocycles. The molecule has 0 amide bonds. The van der Waals surface area contributed by atoms with Gasteiger partial charge in [-0.25, -0.2) is 0 Å². The topological polar surface area (TPSA) is 58.9 Å². The van der Waals surface area contributed by atoms with E-state index in [9.17, 15) is 0 Å². The van der Waals surface area contributed by atoms with Crippen molar-refractivity contribution in [3.05, 3.63) is 29.8 Å². The number of hydrogen-bond acceptors (Lipinski definition) is 4. The highest BCUT2D eigenvalue weighted by Crippen LogP contribution is 2.11. The van der Waals surface area contributed by atoms with Crippen LogP contribution in [0.2, 0.25) is 0 Å². The Balaban J connectivity index is 1.84. The van der Waals surface area contributed by atoms with Crippen molar-refractivity contribution in [2.24, 2.45) is 0 Å². The molecule has 1 aliphatic rings. The smallest absolute Gasteiger partial charge is 0.423 e. The second-order valence-electron chi connectivity index (χ2n) is 3.91. The largest absolute Gasteiger partial charge is 0.488 e. The lowest BCUT2D eigenvalue weighted by Gasteiger charge is -2.10. The minimum atomic E-state index is -1.40. The molecule has 0 aliphatic carbocycles. The molecule has 1 aromatic carbocycles. The zero-order chi connectivity index (χ0) is 11.4. The molecule has 1 fully saturated rings. The Morgan fingerprint density at radius 3 is 2.62 bits per heavy atom. The van der Waals surface area contributed by atoms with E-state index in [0.717, 1.165) is 18.6 Å². The van der Waals surface area contributed by atoms with E-state index in [1.54, 1.807) is 12.1 Å². The Morgan fingerprint density at radius 1 is 1.31 bits per heavy atom. The second-order valence-corrected chi connectivity index (χ2v) is 3.91. The van der Waals surface area contributed by atoms with Gasteiger partial charge in [0.25, 0.3) is 0 Å². The molecule has 1 aromatic rings. The van der Waals surface area contributed by atoms with Gasteiger partial charge in [-0.05, 0) is 17.4 Å². The molecule has 0 spiro atoms. The maximum Gasteiger partial charge on any atom is 0.488 e. The molecule has 2 N–H and O–H groups in total. The van der Waals surface area contributed by atoms with Crippen molar-refractivity contribution in [1.29, 1.82) is 0 Å². The molecule has 1 atom stereocenters. The zero-order valence-corrected chi connectivity index (χ0v) is 9.00. The van der Waals surface area contributed by atoms with Gasteiger partial charge >= 0.3 is 7.12 Å². The average molecular weight is 222 g/mol. The molecule has 0 bridgehead atoms. The van der Waals surface area contributed by atoms with Crippen LogP contribution < -0.4 is 5.46 Å². The third-order valence-corrected chi connectivity index (χ3v) is 2.65. The summed E-state index contributed by atoms with van der Waals surface area (Å²) < 4.78 is 10.8. The van der Waals surface area contributed by atoms with E-state index in [4.69, 9.17) is 19.5 Å². The summed E-state index contributed by atoms with van der Waals surface area (Å²) in [5.74, 6) is 0. The third kappa shape index (κ3) is 3.06. The van der Waals surface area contributed by atoms with Crippen LogP contribution in [0.4, 0.5) is 0 Å². The molecule has 2 rings (SSSR count). The fourth-order valence-corrected chi connectivity index (χ4v) is 1.64. The van der Waals surface area contributed by atoms with Gasteiger partial charge in [0.15, 0.2) is 0 Å². The predicted molar refractivity (Wildman–Crippen MR) is 60.3 cm³/mol. The van der Waals surface area contributed by atoms with Crippen LogP contribution in [0.15, 0.2) is 24.3 Å². The van der Waals surface area contributed by atoms with E-state index in [1.165, 1.54) is 0 Å². The van der Waals surface area contributed by atoms with Crippen LogP contribution >= 0.6 is 0 Å². The first-order chi connectivity index (χ1) is 7.75. The van der Waals surface area contributed by atoms with Crippen LogP contribution in [0, 0.1) is 0 Å². The quantitative estimate of drug-likeness (QED) is 0.685. The summed E-state index contributed by atoms with van der Waals surface area (Å²) in [7, 11) is -1.40. The van der Waals surface area contributed by atoms with E-state index in [0.29, 0.717) is 18.7 Å². The minimum absolute atomic E-state index is 0.197. The first-order valence-electron chi connectivity index (χ1n) is 5.40. The van der Waals surface area contributed by atoms with Crippen molar-refractivity contribution in [2.45, 2.75) is 19.1 Å². The highest BCUT2D eigenvalue weighted by atomic mass is 16.5. The van der Waals surface area contributed by atoms with Gasteiger partial charge in [0, 0.05) is 6.61 Å². The summed E-state index contributed by atoms with van der Waals surface area (Å²) in [6.45, 7) is 1.99. The van der Waals surface area contributed by atoms with Crippen molar-refractivity contribution >= 4 is 12.6 Å². The SMILES string of the molecule is OB(O)c1ccc(COC2CCOC2)cc1. The van der Waals surface area contributed by atoms with Crippen molar-refractivity contribution in [3.63, 3.8) is 0 Å². The van der Waals surface area contributed by atoms with Gasteiger partial charge in [-0.2, -0.15) is 0 Å². The monoisotopic (exact) mass is 222 g/mol. The van der Waals surface area contributed by atoms with Gasteiger partial charge < -0.3 is 19.5 Å². The number of rotatable bonds is 4. The Bertz CT molecular complexity index is 319. The normalized spacial score (nSPS) is 20.0. The standard InChI is InChI=1S/C11H15BO4/c13-12(14)10-3-1-9(2-4-10)7-16-11-5-6-15-8-11/h1-4,11,13-14H,5-8H2. The van der Waals surface area contributed by atoms with E-state index in [1.807, 2.05) is 12.1 Å². The van der Waals surface area contributed by atoms with E-state index in [2.05, 4.69) is 0 Å². The highest BCUT2D eigenvalue weighted by Gasteiger charge is 2.16. The Hall–Kier alpha value is -0.875. The lowest BCUT2D eigenvalue weighted by atomic mass is 9.80. The van der Waals surface area contributed by atoms with Crippen molar-refractivity contribution in [3.8, 4) is 0 Å². The summed E-state index contributed by atoms with van der Waals surface area (Å²) in [6.07, 6.45) is 1.15.